The Labute approximate surface area is 118 Å². The van der Waals surface area contributed by atoms with Gasteiger partial charge < -0.3 is 21.1 Å². The average Bonchev–Trinajstić information content (AvgIpc) is 3.03. The van der Waals surface area contributed by atoms with Gasteiger partial charge in [0.25, 0.3) is 0 Å². The number of hydrogen-bond acceptors (Lipinski definition) is 4. The largest absolute Gasteiger partial charge is 0.397 e. The summed E-state index contributed by atoms with van der Waals surface area (Å²) in [6, 6.07) is 3.78. The van der Waals surface area contributed by atoms with Crippen molar-refractivity contribution in [2.75, 3.05) is 29.5 Å². The van der Waals surface area contributed by atoms with Gasteiger partial charge in [0.1, 0.15) is 0 Å². The van der Waals surface area contributed by atoms with Crippen LogP contribution in [0.1, 0.15) is 31.2 Å². The Morgan fingerprint density at radius 3 is 2.95 bits per heavy atom. The lowest BCUT2D eigenvalue weighted by molar-refractivity contribution is -0.115. The summed E-state index contributed by atoms with van der Waals surface area (Å²) in [5.74, 6) is 0.0288. The van der Waals surface area contributed by atoms with E-state index in [2.05, 4.69) is 10.6 Å². The smallest absolute Gasteiger partial charge is 0.228 e. The molecule has 2 aliphatic rings. The number of anilines is 3. The number of rotatable bonds is 5. The van der Waals surface area contributed by atoms with E-state index in [4.69, 9.17) is 10.5 Å². The lowest BCUT2D eigenvalue weighted by atomic mass is 10.1. The third-order valence-corrected chi connectivity index (χ3v) is 3.97. The van der Waals surface area contributed by atoms with Crippen LogP contribution in [-0.4, -0.2) is 25.2 Å². The molecule has 1 aliphatic carbocycles. The number of fused-ring (bicyclic) bond motifs is 1. The molecule has 1 aromatic carbocycles. The Morgan fingerprint density at radius 1 is 1.35 bits per heavy atom. The van der Waals surface area contributed by atoms with Gasteiger partial charge in [-0.2, -0.15) is 0 Å². The second-order valence-corrected chi connectivity index (χ2v) is 5.53. The summed E-state index contributed by atoms with van der Waals surface area (Å²) < 4.78 is 5.80. The second-order valence-electron chi connectivity index (χ2n) is 5.53. The van der Waals surface area contributed by atoms with Crippen molar-refractivity contribution < 1.29 is 9.53 Å². The third kappa shape index (κ3) is 2.88. The highest BCUT2D eigenvalue weighted by Crippen LogP contribution is 2.31. The van der Waals surface area contributed by atoms with E-state index in [0.29, 0.717) is 24.8 Å². The molecule has 0 unspecified atom stereocenters. The molecule has 0 aromatic heterocycles. The molecule has 108 valence electrons. The highest BCUT2D eigenvalue weighted by Gasteiger charge is 2.19. The summed E-state index contributed by atoms with van der Waals surface area (Å²) in [7, 11) is 0. The second kappa shape index (κ2) is 5.71. The van der Waals surface area contributed by atoms with E-state index in [1.807, 2.05) is 12.1 Å². The first kappa shape index (κ1) is 13.2. The molecule has 0 bridgehead atoms. The van der Waals surface area contributed by atoms with Crippen molar-refractivity contribution in [3.05, 3.63) is 17.7 Å². The average molecular weight is 275 g/mol. The first-order valence-corrected chi connectivity index (χ1v) is 7.30. The van der Waals surface area contributed by atoms with Gasteiger partial charge >= 0.3 is 0 Å². The van der Waals surface area contributed by atoms with Crippen molar-refractivity contribution in [1.82, 2.24) is 0 Å². The van der Waals surface area contributed by atoms with E-state index in [1.54, 1.807) is 0 Å². The fourth-order valence-electron chi connectivity index (χ4n) is 2.91. The number of carbonyl (C=O) groups excluding carboxylic acids is 1. The molecule has 1 amide bonds. The highest BCUT2D eigenvalue weighted by atomic mass is 16.5. The van der Waals surface area contributed by atoms with Crippen LogP contribution in [0.2, 0.25) is 0 Å². The molecular formula is C15H21N3O2. The van der Waals surface area contributed by atoms with Crippen LogP contribution in [0.3, 0.4) is 0 Å². The molecule has 1 saturated carbocycles. The van der Waals surface area contributed by atoms with Crippen molar-refractivity contribution in [2.24, 2.45) is 0 Å². The number of ether oxygens (including phenoxy) is 1. The Bertz CT molecular complexity index is 510. The summed E-state index contributed by atoms with van der Waals surface area (Å²) in [6.07, 6.45) is 5.81. The summed E-state index contributed by atoms with van der Waals surface area (Å²) in [5.41, 5.74) is 9.38. The molecule has 1 aliphatic heterocycles. The molecule has 0 spiro atoms. The first-order chi connectivity index (χ1) is 9.72. The Morgan fingerprint density at radius 2 is 2.15 bits per heavy atom. The number of nitrogens with two attached hydrogens (primary N) is 1. The van der Waals surface area contributed by atoms with Crippen molar-refractivity contribution in [3.8, 4) is 0 Å². The Hall–Kier alpha value is -1.75. The standard InChI is InChI=1S/C15H21N3O2/c16-12-7-10-8-15(19)18-13(10)9-14(12)17-5-6-20-11-3-1-2-4-11/h7,9,11,17H,1-6,8,16H2,(H,18,19). The maximum atomic E-state index is 11.3. The van der Waals surface area contributed by atoms with Gasteiger partial charge in [-0.25, -0.2) is 0 Å². The number of amides is 1. The predicted octanol–water partition coefficient (Wildman–Crippen LogP) is 2.13. The molecular weight excluding hydrogens is 254 g/mol. The molecule has 1 heterocycles. The minimum atomic E-state index is 0.0288. The van der Waals surface area contributed by atoms with Crippen LogP contribution in [0.25, 0.3) is 0 Å². The predicted molar refractivity (Wildman–Crippen MR) is 79.9 cm³/mol. The molecule has 4 N–H and O–H groups in total. The highest BCUT2D eigenvalue weighted by molar-refractivity contribution is 6.00. The van der Waals surface area contributed by atoms with Gasteiger partial charge in [0.05, 0.1) is 30.5 Å². The van der Waals surface area contributed by atoms with Crippen LogP contribution in [0.5, 0.6) is 0 Å². The Balaban J connectivity index is 1.52. The van der Waals surface area contributed by atoms with Gasteiger partial charge in [0, 0.05) is 12.2 Å². The molecule has 3 rings (SSSR count). The monoisotopic (exact) mass is 275 g/mol. The normalized spacial score (nSPS) is 18.1. The number of nitrogens with one attached hydrogen (secondary N) is 2. The van der Waals surface area contributed by atoms with Crippen LogP contribution in [0.4, 0.5) is 17.1 Å². The minimum absolute atomic E-state index is 0.0288. The topological polar surface area (TPSA) is 76.4 Å². The number of hydrogen-bond donors (Lipinski definition) is 3. The van der Waals surface area contributed by atoms with Crippen LogP contribution in [-0.2, 0) is 16.0 Å². The van der Waals surface area contributed by atoms with Gasteiger partial charge in [-0.1, -0.05) is 12.8 Å². The van der Waals surface area contributed by atoms with Gasteiger partial charge in [0.15, 0.2) is 0 Å². The minimum Gasteiger partial charge on any atom is -0.397 e. The van der Waals surface area contributed by atoms with Crippen LogP contribution < -0.4 is 16.4 Å². The van der Waals surface area contributed by atoms with Gasteiger partial charge in [0.2, 0.25) is 5.91 Å². The van der Waals surface area contributed by atoms with Crippen LogP contribution in [0.15, 0.2) is 12.1 Å². The number of nitrogen functional groups attached to an aromatic ring is 1. The molecule has 5 heteroatoms. The third-order valence-electron chi connectivity index (χ3n) is 3.97. The fourth-order valence-corrected chi connectivity index (χ4v) is 2.91. The zero-order valence-electron chi connectivity index (χ0n) is 11.6. The molecule has 0 saturated heterocycles. The lowest BCUT2D eigenvalue weighted by Gasteiger charge is -2.14. The summed E-state index contributed by atoms with van der Waals surface area (Å²) in [6.45, 7) is 1.42. The maximum Gasteiger partial charge on any atom is 0.228 e. The molecule has 0 atom stereocenters. The molecule has 20 heavy (non-hydrogen) atoms. The molecule has 5 nitrogen and oxygen atoms in total. The van der Waals surface area contributed by atoms with Crippen LogP contribution >= 0.6 is 0 Å². The summed E-state index contributed by atoms with van der Waals surface area (Å²) in [4.78, 5) is 11.3. The molecule has 1 aromatic rings. The van der Waals surface area contributed by atoms with Gasteiger partial charge in [-0.05, 0) is 30.5 Å². The maximum absolute atomic E-state index is 11.3. The van der Waals surface area contributed by atoms with Crippen molar-refractivity contribution in [3.63, 3.8) is 0 Å². The Kier molecular flexibility index (Phi) is 3.78. The van der Waals surface area contributed by atoms with Crippen molar-refractivity contribution in [1.29, 1.82) is 0 Å². The fraction of sp³-hybridized carbons (Fsp3) is 0.533. The quantitative estimate of drug-likeness (QED) is 0.568. The summed E-state index contributed by atoms with van der Waals surface area (Å²) >= 11 is 0. The number of carbonyl (C=O) groups is 1. The van der Waals surface area contributed by atoms with E-state index in [1.165, 1.54) is 25.7 Å². The molecule has 0 radical (unpaired) electrons. The zero-order valence-corrected chi connectivity index (χ0v) is 11.6. The van der Waals surface area contributed by atoms with Gasteiger partial charge in [-0.3, -0.25) is 4.79 Å². The lowest BCUT2D eigenvalue weighted by Crippen LogP contribution is -2.16. The van der Waals surface area contributed by atoms with Gasteiger partial charge in [-0.15, -0.1) is 0 Å². The zero-order chi connectivity index (χ0) is 13.9. The summed E-state index contributed by atoms with van der Waals surface area (Å²) in [5, 5.41) is 6.11. The van der Waals surface area contributed by atoms with Crippen molar-refractivity contribution in [2.45, 2.75) is 38.2 Å². The number of benzene rings is 1. The van der Waals surface area contributed by atoms with E-state index in [9.17, 15) is 4.79 Å². The first-order valence-electron chi connectivity index (χ1n) is 7.30. The van der Waals surface area contributed by atoms with E-state index >= 15 is 0 Å². The molecule has 1 fully saturated rings. The SMILES string of the molecule is Nc1cc2c(cc1NCCOC1CCCC1)NC(=O)C2. The van der Waals surface area contributed by atoms with E-state index in [-0.39, 0.29) is 5.91 Å². The van der Waals surface area contributed by atoms with E-state index in [0.717, 1.165) is 23.5 Å². The van der Waals surface area contributed by atoms with E-state index < -0.39 is 0 Å². The van der Waals surface area contributed by atoms with Crippen molar-refractivity contribution >= 4 is 23.0 Å². The van der Waals surface area contributed by atoms with Crippen LogP contribution in [0, 0.1) is 0 Å².